The fraction of sp³-hybridized carbons (Fsp3) is 0.400. The van der Waals surface area contributed by atoms with Crippen molar-refractivity contribution in [3.8, 4) is 5.75 Å². The molecule has 0 saturated carbocycles. The summed E-state index contributed by atoms with van der Waals surface area (Å²) in [5, 5.41) is 10.4. The summed E-state index contributed by atoms with van der Waals surface area (Å²) in [5.74, 6) is 1.45. The number of aliphatic hydroxyl groups is 1. The first-order valence-electron chi connectivity index (χ1n) is 8.62. The third-order valence-electron chi connectivity index (χ3n) is 4.39. The van der Waals surface area contributed by atoms with Crippen molar-refractivity contribution in [2.45, 2.75) is 25.1 Å². The highest BCUT2D eigenvalue weighted by Gasteiger charge is 2.27. The number of rotatable bonds is 8. The minimum Gasteiger partial charge on any atom is -0.490 e. The van der Waals surface area contributed by atoms with Gasteiger partial charge in [0.2, 0.25) is 0 Å². The molecule has 1 aromatic carbocycles. The van der Waals surface area contributed by atoms with Gasteiger partial charge in [0, 0.05) is 19.1 Å². The first-order chi connectivity index (χ1) is 12.3. The number of benzene rings is 1. The average Bonchev–Trinajstić information content (AvgIpc) is 3.18. The molecule has 0 radical (unpaired) electrons. The smallest absolute Gasteiger partial charge is 0.132 e. The minimum absolute atomic E-state index is 0.158. The third-order valence-corrected chi connectivity index (χ3v) is 4.39. The molecule has 1 N–H and O–H groups in total. The van der Waals surface area contributed by atoms with E-state index in [4.69, 9.17) is 13.9 Å². The monoisotopic (exact) mass is 343 g/mol. The summed E-state index contributed by atoms with van der Waals surface area (Å²) >= 11 is 0. The van der Waals surface area contributed by atoms with Crippen molar-refractivity contribution in [1.82, 2.24) is 4.90 Å². The van der Waals surface area contributed by atoms with Crippen molar-refractivity contribution >= 4 is 0 Å². The van der Waals surface area contributed by atoms with Gasteiger partial charge in [-0.05, 0) is 36.2 Å². The molecular weight excluding hydrogens is 318 g/mol. The Bertz CT molecular complexity index is 638. The first-order valence-corrected chi connectivity index (χ1v) is 8.62. The minimum atomic E-state index is -0.612. The second-order valence-electron chi connectivity index (χ2n) is 6.21. The normalized spacial score (nSPS) is 19.5. The molecule has 0 aliphatic carbocycles. The Hall–Kier alpha value is -2.08. The summed E-state index contributed by atoms with van der Waals surface area (Å²) in [6, 6.07) is 11.9. The molecule has 1 aromatic heterocycles. The van der Waals surface area contributed by atoms with Gasteiger partial charge in [0.25, 0.3) is 0 Å². The predicted molar refractivity (Wildman–Crippen MR) is 95.4 cm³/mol. The van der Waals surface area contributed by atoms with Gasteiger partial charge in [0.15, 0.2) is 0 Å². The second-order valence-corrected chi connectivity index (χ2v) is 6.21. The zero-order valence-electron chi connectivity index (χ0n) is 14.3. The van der Waals surface area contributed by atoms with E-state index < -0.39 is 6.10 Å². The molecule has 2 heterocycles. The summed E-state index contributed by atoms with van der Waals surface area (Å²) < 4.78 is 16.4. The van der Waals surface area contributed by atoms with Crippen molar-refractivity contribution in [3.63, 3.8) is 0 Å². The van der Waals surface area contributed by atoms with E-state index in [1.807, 2.05) is 12.1 Å². The number of ether oxygens (including phenoxy) is 2. The number of morpholine rings is 1. The van der Waals surface area contributed by atoms with E-state index in [1.165, 1.54) is 5.56 Å². The van der Waals surface area contributed by atoms with Gasteiger partial charge in [-0.2, -0.15) is 0 Å². The van der Waals surface area contributed by atoms with Crippen molar-refractivity contribution in [2.24, 2.45) is 0 Å². The summed E-state index contributed by atoms with van der Waals surface area (Å²) in [6.45, 7) is 7.17. The van der Waals surface area contributed by atoms with Gasteiger partial charge in [-0.3, -0.25) is 4.90 Å². The topological polar surface area (TPSA) is 55.1 Å². The molecule has 3 rings (SSSR count). The van der Waals surface area contributed by atoms with Gasteiger partial charge in [0.05, 0.1) is 19.5 Å². The fourth-order valence-electron chi connectivity index (χ4n) is 3.05. The van der Waals surface area contributed by atoms with Crippen LogP contribution in [0.15, 0.2) is 59.7 Å². The quantitative estimate of drug-likeness (QED) is 0.746. The van der Waals surface area contributed by atoms with Gasteiger partial charge in [-0.15, -0.1) is 0 Å². The Morgan fingerprint density at radius 3 is 2.88 bits per heavy atom. The molecule has 0 spiro atoms. The summed E-state index contributed by atoms with van der Waals surface area (Å²) in [4.78, 5) is 2.36. The van der Waals surface area contributed by atoms with E-state index in [1.54, 1.807) is 24.5 Å². The molecule has 25 heavy (non-hydrogen) atoms. The zero-order chi connectivity index (χ0) is 17.5. The Balaban J connectivity index is 1.59. The van der Waals surface area contributed by atoms with Crippen LogP contribution in [0.5, 0.6) is 5.75 Å². The summed E-state index contributed by atoms with van der Waals surface area (Å²) in [5.41, 5.74) is 1.21. The van der Waals surface area contributed by atoms with Crippen LogP contribution in [-0.4, -0.2) is 42.4 Å². The maximum Gasteiger partial charge on any atom is 0.132 e. The van der Waals surface area contributed by atoms with E-state index >= 15 is 0 Å². The van der Waals surface area contributed by atoms with E-state index in [0.29, 0.717) is 32.0 Å². The molecule has 0 bridgehead atoms. The lowest BCUT2D eigenvalue weighted by molar-refractivity contribution is -0.0323. The Morgan fingerprint density at radius 2 is 2.16 bits per heavy atom. The van der Waals surface area contributed by atoms with Crippen LogP contribution in [0.2, 0.25) is 0 Å². The van der Waals surface area contributed by atoms with Gasteiger partial charge in [-0.25, -0.2) is 0 Å². The third kappa shape index (κ3) is 4.95. The Kier molecular flexibility index (Phi) is 6.28. The molecular formula is C20H25NO4. The van der Waals surface area contributed by atoms with Crippen LogP contribution in [0, 0.1) is 0 Å². The fourth-order valence-corrected chi connectivity index (χ4v) is 3.05. The highest BCUT2D eigenvalue weighted by Crippen LogP contribution is 2.24. The van der Waals surface area contributed by atoms with Gasteiger partial charge < -0.3 is 19.0 Å². The SMILES string of the molecule is C=CCOc1ccc(CN2CCOCC2CC(O)c2ccco2)cc1. The molecule has 5 nitrogen and oxygen atoms in total. The number of hydrogen-bond donors (Lipinski definition) is 1. The number of nitrogens with zero attached hydrogens (tertiary/aromatic N) is 1. The molecule has 1 aliphatic heterocycles. The molecule has 2 unspecified atom stereocenters. The highest BCUT2D eigenvalue weighted by molar-refractivity contribution is 5.27. The van der Waals surface area contributed by atoms with Crippen molar-refractivity contribution in [2.75, 3.05) is 26.4 Å². The Labute approximate surface area is 148 Å². The van der Waals surface area contributed by atoms with Crippen LogP contribution in [-0.2, 0) is 11.3 Å². The number of furan rings is 1. The highest BCUT2D eigenvalue weighted by atomic mass is 16.5. The molecule has 5 heteroatoms. The van der Waals surface area contributed by atoms with E-state index in [0.717, 1.165) is 18.8 Å². The summed E-state index contributed by atoms with van der Waals surface area (Å²) in [7, 11) is 0. The molecule has 1 saturated heterocycles. The van der Waals surface area contributed by atoms with Crippen molar-refractivity contribution in [3.05, 3.63) is 66.6 Å². The predicted octanol–water partition coefficient (Wildman–Crippen LogP) is 3.17. The number of hydrogen-bond acceptors (Lipinski definition) is 5. The average molecular weight is 343 g/mol. The Morgan fingerprint density at radius 1 is 1.32 bits per heavy atom. The van der Waals surface area contributed by atoms with E-state index in [-0.39, 0.29) is 6.04 Å². The molecule has 0 amide bonds. The summed E-state index contributed by atoms with van der Waals surface area (Å²) in [6.07, 6.45) is 3.30. The molecule has 1 aliphatic rings. The maximum absolute atomic E-state index is 10.4. The number of aliphatic hydroxyl groups excluding tert-OH is 1. The van der Waals surface area contributed by atoms with Crippen molar-refractivity contribution < 1.29 is 19.0 Å². The van der Waals surface area contributed by atoms with E-state index in [2.05, 4.69) is 23.6 Å². The zero-order valence-corrected chi connectivity index (χ0v) is 14.3. The van der Waals surface area contributed by atoms with Crippen LogP contribution < -0.4 is 4.74 Å². The lowest BCUT2D eigenvalue weighted by Gasteiger charge is -2.36. The van der Waals surface area contributed by atoms with Gasteiger partial charge >= 0.3 is 0 Å². The van der Waals surface area contributed by atoms with E-state index in [9.17, 15) is 5.11 Å². The lowest BCUT2D eigenvalue weighted by Crippen LogP contribution is -2.45. The molecule has 2 aromatic rings. The van der Waals surface area contributed by atoms with Crippen LogP contribution in [0.3, 0.4) is 0 Å². The van der Waals surface area contributed by atoms with Crippen molar-refractivity contribution in [1.29, 1.82) is 0 Å². The lowest BCUT2D eigenvalue weighted by atomic mass is 10.0. The molecule has 2 atom stereocenters. The maximum atomic E-state index is 10.4. The van der Waals surface area contributed by atoms with Crippen LogP contribution in [0.25, 0.3) is 0 Å². The van der Waals surface area contributed by atoms with Crippen LogP contribution in [0.4, 0.5) is 0 Å². The first kappa shape index (κ1) is 17.7. The van der Waals surface area contributed by atoms with Gasteiger partial charge in [-0.1, -0.05) is 24.8 Å². The largest absolute Gasteiger partial charge is 0.490 e. The standard InChI is InChI=1S/C20H25NO4/c1-2-10-24-18-7-5-16(6-8-18)14-21-9-12-23-15-17(21)13-19(22)20-4-3-11-25-20/h2-8,11,17,19,22H,1,9-10,12-15H2. The van der Waals surface area contributed by atoms with Gasteiger partial charge in [0.1, 0.15) is 24.2 Å². The molecule has 134 valence electrons. The molecule has 1 fully saturated rings. The van der Waals surface area contributed by atoms with Crippen LogP contribution >= 0.6 is 0 Å². The second kappa shape index (κ2) is 8.85. The van der Waals surface area contributed by atoms with Crippen LogP contribution in [0.1, 0.15) is 23.8 Å².